The fourth-order valence-corrected chi connectivity index (χ4v) is 4.88. The van der Waals surface area contributed by atoms with Crippen molar-refractivity contribution in [2.24, 2.45) is 5.73 Å². The van der Waals surface area contributed by atoms with Crippen LogP contribution in [0, 0.1) is 0 Å². The predicted molar refractivity (Wildman–Crippen MR) is 99.7 cm³/mol. The first-order valence-electron chi connectivity index (χ1n) is 8.00. The third-order valence-electron chi connectivity index (χ3n) is 4.39. The summed E-state index contributed by atoms with van der Waals surface area (Å²) in [6.45, 7) is 0.928. The summed E-state index contributed by atoms with van der Waals surface area (Å²) < 4.78 is 27.6. The first-order valence-corrected chi connectivity index (χ1v) is 9.44. The second kappa shape index (κ2) is 8.12. The van der Waals surface area contributed by atoms with Crippen molar-refractivity contribution < 1.29 is 8.42 Å². The Kier molecular flexibility index (Phi) is 6.40. The van der Waals surface area contributed by atoms with Gasteiger partial charge in [0.15, 0.2) is 0 Å². The standard InChI is InChI=1S/C18H22N2O2S.ClH/c19-14-17-10-4-5-12-20(17)23(21,22)18-11-6-9-16(13-18)15-7-2-1-3-8-15;/h1-3,6-9,11,13,17H,4-5,10,12,14,19H2;1H. The molecule has 6 heteroatoms. The molecule has 0 aromatic heterocycles. The molecule has 130 valence electrons. The van der Waals surface area contributed by atoms with Gasteiger partial charge >= 0.3 is 0 Å². The summed E-state index contributed by atoms with van der Waals surface area (Å²) in [5, 5.41) is 0. The highest BCUT2D eigenvalue weighted by molar-refractivity contribution is 7.89. The van der Waals surface area contributed by atoms with Crippen LogP contribution in [0.3, 0.4) is 0 Å². The number of halogens is 1. The number of rotatable bonds is 4. The highest BCUT2D eigenvalue weighted by atomic mass is 35.5. The van der Waals surface area contributed by atoms with E-state index < -0.39 is 10.0 Å². The normalized spacial score (nSPS) is 18.8. The zero-order chi connectivity index (χ0) is 16.3. The molecule has 2 aromatic rings. The molecule has 0 aliphatic carbocycles. The molecule has 0 saturated carbocycles. The average molecular weight is 367 g/mol. The van der Waals surface area contributed by atoms with E-state index in [0.29, 0.717) is 18.0 Å². The zero-order valence-corrected chi connectivity index (χ0v) is 15.1. The summed E-state index contributed by atoms with van der Waals surface area (Å²) in [5.41, 5.74) is 7.71. The quantitative estimate of drug-likeness (QED) is 0.903. The smallest absolute Gasteiger partial charge is 0.243 e. The van der Waals surface area contributed by atoms with Crippen LogP contribution in [-0.4, -0.2) is 31.9 Å². The fourth-order valence-electron chi connectivity index (χ4n) is 3.13. The highest BCUT2D eigenvalue weighted by Crippen LogP contribution is 2.28. The van der Waals surface area contributed by atoms with Gasteiger partial charge in [0.1, 0.15) is 0 Å². The fraction of sp³-hybridized carbons (Fsp3) is 0.333. The molecule has 0 spiro atoms. The maximum atomic E-state index is 13.0. The van der Waals surface area contributed by atoms with Crippen LogP contribution in [-0.2, 0) is 10.0 Å². The molecule has 0 radical (unpaired) electrons. The SMILES string of the molecule is Cl.NCC1CCCCN1S(=O)(=O)c1cccc(-c2ccccc2)c1. The second-order valence-electron chi connectivity index (χ2n) is 5.89. The van der Waals surface area contributed by atoms with E-state index in [0.717, 1.165) is 30.4 Å². The third kappa shape index (κ3) is 3.81. The Morgan fingerprint density at radius 1 is 1.00 bits per heavy atom. The van der Waals surface area contributed by atoms with Gasteiger partial charge in [0.25, 0.3) is 0 Å². The molecule has 1 unspecified atom stereocenters. The molecule has 1 aliphatic rings. The number of nitrogens with two attached hydrogens (primary N) is 1. The molecule has 4 nitrogen and oxygen atoms in total. The average Bonchev–Trinajstić information content (AvgIpc) is 2.62. The monoisotopic (exact) mass is 366 g/mol. The van der Waals surface area contributed by atoms with E-state index in [2.05, 4.69) is 0 Å². The topological polar surface area (TPSA) is 63.4 Å². The maximum absolute atomic E-state index is 13.0. The molecular formula is C18H23ClN2O2S. The molecule has 1 aliphatic heterocycles. The Hall–Kier alpha value is -1.40. The van der Waals surface area contributed by atoms with Crippen LogP contribution in [0.25, 0.3) is 11.1 Å². The van der Waals surface area contributed by atoms with Gasteiger partial charge in [-0.2, -0.15) is 4.31 Å². The number of benzene rings is 2. The summed E-state index contributed by atoms with van der Waals surface area (Å²) >= 11 is 0. The molecule has 1 fully saturated rings. The molecule has 24 heavy (non-hydrogen) atoms. The van der Waals surface area contributed by atoms with Gasteiger partial charge < -0.3 is 5.73 Å². The predicted octanol–water partition coefficient (Wildman–Crippen LogP) is 3.28. The molecule has 2 N–H and O–H groups in total. The van der Waals surface area contributed by atoms with E-state index in [-0.39, 0.29) is 18.4 Å². The number of nitrogens with zero attached hydrogens (tertiary/aromatic N) is 1. The lowest BCUT2D eigenvalue weighted by Gasteiger charge is -2.33. The van der Waals surface area contributed by atoms with Crippen LogP contribution >= 0.6 is 12.4 Å². The van der Waals surface area contributed by atoms with Crippen molar-refractivity contribution in [2.45, 2.75) is 30.2 Å². The van der Waals surface area contributed by atoms with Crippen LogP contribution < -0.4 is 5.73 Å². The van der Waals surface area contributed by atoms with E-state index in [1.807, 2.05) is 36.4 Å². The molecular weight excluding hydrogens is 344 g/mol. The van der Waals surface area contributed by atoms with Crippen molar-refractivity contribution in [3.8, 4) is 11.1 Å². The van der Waals surface area contributed by atoms with E-state index in [1.165, 1.54) is 0 Å². The van der Waals surface area contributed by atoms with Gasteiger partial charge in [-0.15, -0.1) is 12.4 Å². The van der Waals surface area contributed by atoms with Crippen molar-refractivity contribution in [3.63, 3.8) is 0 Å². The summed E-state index contributed by atoms with van der Waals surface area (Å²) in [7, 11) is -3.50. The van der Waals surface area contributed by atoms with Crippen LogP contribution in [0.15, 0.2) is 59.5 Å². The van der Waals surface area contributed by atoms with E-state index in [4.69, 9.17) is 5.73 Å². The summed E-state index contributed by atoms with van der Waals surface area (Å²) in [6.07, 6.45) is 2.78. The minimum absolute atomic E-state index is 0. The van der Waals surface area contributed by atoms with Gasteiger partial charge in [0, 0.05) is 19.1 Å². The maximum Gasteiger partial charge on any atom is 0.243 e. The van der Waals surface area contributed by atoms with E-state index in [9.17, 15) is 8.42 Å². The van der Waals surface area contributed by atoms with Gasteiger partial charge in [0.2, 0.25) is 10.0 Å². The van der Waals surface area contributed by atoms with Gasteiger partial charge in [-0.05, 0) is 36.1 Å². The van der Waals surface area contributed by atoms with E-state index in [1.54, 1.807) is 22.5 Å². The first-order chi connectivity index (χ1) is 11.1. The minimum atomic E-state index is -3.50. The number of piperidine rings is 1. The van der Waals surface area contributed by atoms with Crippen molar-refractivity contribution in [2.75, 3.05) is 13.1 Å². The van der Waals surface area contributed by atoms with Crippen molar-refractivity contribution in [1.82, 2.24) is 4.31 Å². The lowest BCUT2D eigenvalue weighted by atomic mass is 10.1. The Morgan fingerprint density at radius 3 is 2.42 bits per heavy atom. The Labute approximate surface area is 150 Å². The van der Waals surface area contributed by atoms with Crippen LogP contribution in [0.2, 0.25) is 0 Å². The van der Waals surface area contributed by atoms with Gasteiger partial charge in [-0.3, -0.25) is 0 Å². The van der Waals surface area contributed by atoms with Gasteiger partial charge in [-0.1, -0.05) is 48.9 Å². The Balaban J connectivity index is 0.00000208. The molecule has 1 atom stereocenters. The Bertz CT molecular complexity index is 766. The molecule has 0 amide bonds. The highest BCUT2D eigenvalue weighted by Gasteiger charge is 2.32. The molecule has 1 heterocycles. The summed E-state index contributed by atoms with van der Waals surface area (Å²) in [4.78, 5) is 0.346. The molecule has 2 aromatic carbocycles. The number of hydrogen-bond donors (Lipinski definition) is 1. The van der Waals surface area contributed by atoms with E-state index >= 15 is 0 Å². The molecule has 3 rings (SSSR count). The first kappa shape index (κ1) is 18.9. The van der Waals surface area contributed by atoms with Crippen molar-refractivity contribution in [3.05, 3.63) is 54.6 Å². The van der Waals surface area contributed by atoms with Crippen molar-refractivity contribution in [1.29, 1.82) is 0 Å². The van der Waals surface area contributed by atoms with Crippen LogP contribution in [0.5, 0.6) is 0 Å². The largest absolute Gasteiger partial charge is 0.329 e. The lowest BCUT2D eigenvalue weighted by Crippen LogP contribution is -2.47. The zero-order valence-electron chi connectivity index (χ0n) is 13.5. The van der Waals surface area contributed by atoms with Crippen LogP contribution in [0.4, 0.5) is 0 Å². The number of sulfonamides is 1. The summed E-state index contributed by atoms with van der Waals surface area (Å²) in [6, 6.07) is 16.9. The molecule has 1 saturated heterocycles. The molecule has 0 bridgehead atoms. The Morgan fingerprint density at radius 2 is 1.71 bits per heavy atom. The van der Waals surface area contributed by atoms with Crippen LogP contribution in [0.1, 0.15) is 19.3 Å². The number of hydrogen-bond acceptors (Lipinski definition) is 3. The van der Waals surface area contributed by atoms with Crippen molar-refractivity contribution >= 4 is 22.4 Å². The lowest BCUT2D eigenvalue weighted by molar-refractivity contribution is 0.257. The third-order valence-corrected chi connectivity index (χ3v) is 6.34. The van der Waals surface area contributed by atoms with Gasteiger partial charge in [-0.25, -0.2) is 8.42 Å². The van der Waals surface area contributed by atoms with Gasteiger partial charge in [0.05, 0.1) is 4.90 Å². The second-order valence-corrected chi connectivity index (χ2v) is 7.79. The minimum Gasteiger partial charge on any atom is -0.329 e. The summed E-state index contributed by atoms with van der Waals surface area (Å²) in [5.74, 6) is 0.